The van der Waals surface area contributed by atoms with Gasteiger partial charge in [0.2, 0.25) is 11.7 Å². The molecule has 1 heterocycles. The van der Waals surface area contributed by atoms with Crippen LogP contribution in [-0.4, -0.2) is 10.1 Å². The van der Waals surface area contributed by atoms with E-state index in [0.717, 1.165) is 12.8 Å². The largest absolute Gasteiger partial charge is 0.485 e. The fraction of sp³-hybridized carbons (Fsp3) is 0.333. The van der Waals surface area contributed by atoms with Crippen molar-refractivity contribution in [2.75, 3.05) is 0 Å². The van der Waals surface area contributed by atoms with E-state index >= 15 is 0 Å². The summed E-state index contributed by atoms with van der Waals surface area (Å²) in [6, 6.07) is 4.56. The maximum Gasteiger partial charge on any atom is 0.226 e. The zero-order chi connectivity index (χ0) is 13.0. The Labute approximate surface area is 112 Å². The molecular weight excluding hydrogens is 303 g/mol. The van der Waals surface area contributed by atoms with Crippen LogP contribution < -0.4 is 4.74 Å². The first-order valence-corrected chi connectivity index (χ1v) is 6.37. The molecule has 4 nitrogen and oxygen atoms in total. The van der Waals surface area contributed by atoms with Crippen molar-refractivity contribution >= 4 is 15.9 Å². The molecule has 0 amide bonds. The van der Waals surface area contributed by atoms with Gasteiger partial charge >= 0.3 is 0 Å². The molecule has 96 valence electrons. The van der Waals surface area contributed by atoms with Crippen LogP contribution in [0.15, 0.2) is 27.2 Å². The Kier molecular flexibility index (Phi) is 4.30. The van der Waals surface area contributed by atoms with Crippen molar-refractivity contribution in [3.8, 4) is 5.75 Å². The van der Waals surface area contributed by atoms with Gasteiger partial charge in [-0.25, -0.2) is 4.39 Å². The molecule has 0 aliphatic carbocycles. The Balaban J connectivity index is 1.95. The fourth-order valence-electron chi connectivity index (χ4n) is 1.38. The van der Waals surface area contributed by atoms with Crippen LogP contribution in [0.25, 0.3) is 0 Å². The maximum absolute atomic E-state index is 13.2. The molecule has 18 heavy (non-hydrogen) atoms. The van der Waals surface area contributed by atoms with Crippen LogP contribution in [-0.2, 0) is 13.0 Å². The van der Waals surface area contributed by atoms with E-state index in [1.54, 1.807) is 12.1 Å². The van der Waals surface area contributed by atoms with Crippen molar-refractivity contribution in [3.05, 3.63) is 40.2 Å². The summed E-state index contributed by atoms with van der Waals surface area (Å²) in [6.45, 7) is 2.19. The van der Waals surface area contributed by atoms with Gasteiger partial charge in [-0.1, -0.05) is 12.1 Å². The lowest BCUT2D eigenvalue weighted by Gasteiger charge is -2.03. The molecule has 1 aromatic carbocycles. The van der Waals surface area contributed by atoms with Gasteiger partial charge in [0.15, 0.2) is 6.61 Å². The number of hydrogen-bond acceptors (Lipinski definition) is 4. The number of aromatic nitrogens is 2. The van der Waals surface area contributed by atoms with Crippen molar-refractivity contribution in [1.82, 2.24) is 10.1 Å². The first kappa shape index (κ1) is 13.0. The van der Waals surface area contributed by atoms with E-state index in [2.05, 4.69) is 26.1 Å². The zero-order valence-electron chi connectivity index (χ0n) is 9.82. The van der Waals surface area contributed by atoms with E-state index in [0.29, 0.717) is 21.9 Å². The van der Waals surface area contributed by atoms with Crippen LogP contribution in [0, 0.1) is 5.82 Å². The van der Waals surface area contributed by atoms with Crippen LogP contribution in [0.1, 0.15) is 25.1 Å². The van der Waals surface area contributed by atoms with Gasteiger partial charge in [-0.2, -0.15) is 4.98 Å². The second kappa shape index (κ2) is 5.95. The monoisotopic (exact) mass is 314 g/mol. The Bertz CT molecular complexity index is 531. The summed E-state index contributed by atoms with van der Waals surface area (Å²) in [5.41, 5.74) is 0. The summed E-state index contributed by atoms with van der Waals surface area (Å²) in [4.78, 5) is 4.15. The quantitative estimate of drug-likeness (QED) is 0.847. The van der Waals surface area contributed by atoms with Gasteiger partial charge in [0.1, 0.15) is 11.6 Å². The standard InChI is InChI=1S/C12H12BrFN2O2/c1-2-3-12-15-11(16-18-12)7-17-8-4-5-9(13)10(14)6-8/h4-6H,2-3,7H2,1H3. The molecule has 0 atom stereocenters. The third-order valence-corrected chi connectivity index (χ3v) is 2.88. The molecule has 0 saturated heterocycles. The van der Waals surface area contributed by atoms with Crippen LogP contribution in [0.5, 0.6) is 5.75 Å². The number of halogens is 2. The third kappa shape index (κ3) is 3.29. The van der Waals surface area contributed by atoms with Crippen LogP contribution in [0.4, 0.5) is 4.39 Å². The van der Waals surface area contributed by atoms with E-state index in [1.165, 1.54) is 6.07 Å². The minimum Gasteiger partial charge on any atom is -0.485 e. The molecule has 0 spiro atoms. The average Bonchev–Trinajstić information content (AvgIpc) is 2.79. The molecule has 1 aromatic heterocycles. The summed E-state index contributed by atoms with van der Waals surface area (Å²) >= 11 is 3.08. The predicted octanol–water partition coefficient (Wildman–Crippen LogP) is 3.50. The number of hydrogen-bond donors (Lipinski definition) is 0. The van der Waals surface area contributed by atoms with E-state index in [1.807, 2.05) is 6.92 Å². The Morgan fingerprint density at radius 3 is 3.00 bits per heavy atom. The molecule has 0 unspecified atom stereocenters. The summed E-state index contributed by atoms with van der Waals surface area (Å²) in [5, 5.41) is 3.78. The molecule has 2 aromatic rings. The SMILES string of the molecule is CCCc1nc(COc2ccc(Br)c(F)c2)no1. The van der Waals surface area contributed by atoms with E-state index in [-0.39, 0.29) is 12.4 Å². The van der Waals surface area contributed by atoms with Crippen LogP contribution >= 0.6 is 15.9 Å². The highest BCUT2D eigenvalue weighted by Crippen LogP contribution is 2.21. The van der Waals surface area contributed by atoms with Gasteiger partial charge < -0.3 is 9.26 Å². The van der Waals surface area contributed by atoms with Crippen LogP contribution in [0.2, 0.25) is 0 Å². The number of ether oxygens (including phenoxy) is 1. The third-order valence-electron chi connectivity index (χ3n) is 2.23. The molecule has 6 heteroatoms. The lowest BCUT2D eigenvalue weighted by atomic mass is 10.3. The summed E-state index contributed by atoms with van der Waals surface area (Å²) < 4.78 is 24.0. The average molecular weight is 315 g/mol. The minimum absolute atomic E-state index is 0.161. The second-order valence-electron chi connectivity index (χ2n) is 3.72. The molecular formula is C12H12BrFN2O2. The second-order valence-corrected chi connectivity index (χ2v) is 4.57. The van der Waals surface area contributed by atoms with E-state index < -0.39 is 0 Å². The normalized spacial score (nSPS) is 10.6. The van der Waals surface area contributed by atoms with Crippen molar-refractivity contribution in [3.63, 3.8) is 0 Å². The highest BCUT2D eigenvalue weighted by molar-refractivity contribution is 9.10. The minimum atomic E-state index is -0.368. The van der Waals surface area contributed by atoms with Crippen molar-refractivity contribution < 1.29 is 13.7 Å². The Morgan fingerprint density at radius 2 is 2.28 bits per heavy atom. The van der Waals surface area contributed by atoms with Gasteiger partial charge in [0, 0.05) is 12.5 Å². The highest BCUT2D eigenvalue weighted by Gasteiger charge is 2.07. The molecule has 0 saturated carbocycles. The number of nitrogens with zero attached hydrogens (tertiary/aromatic N) is 2. The van der Waals surface area contributed by atoms with E-state index in [9.17, 15) is 4.39 Å². The van der Waals surface area contributed by atoms with Crippen molar-refractivity contribution in [1.29, 1.82) is 0 Å². The molecule has 0 fully saturated rings. The molecule has 2 rings (SSSR count). The number of benzene rings is 1. The molecule has 0 bridgehead atoms. The zero-order valence-corrected chi connectivity index (χ0v) is 11.4. The smallest absolute Gasteiger partial charge is 0.226 e. The fourth-order valence-corrected chi connectivity index (χ4v) is 1.63. The number of rotatable bonds is 5. The molecule has 0 aliphatic rings. The van der Waals surface area contributed by atoms with Gasteiger partial charge in [0.05, 0.1) is 4.47 Å². The lowest BCUT2D eigenvalue weighted by molar-refractivity contribution is 0.283. The van der Waals surface area contributed by atoms with E-state index in [4.69, 9.17) is 9.26 Å². The van der Waals surface area contributed by atoms with Gasteiger partial charge in [-0.05, 0) is 34.5 Å². The summed E-state index contributed by atoms with van der Waals surface area (Å²) in [7, 11) is 0. The van der Waals surface area contributed by atoms with Crippen molar-refractivity contribution in [2.24, 2.45) is 0 Å². The van der Waals surface area contributed by atoms with Crippen molar-refractivity contribution in [2.45, 2.75) is 26.4 Å². The molecule has 0 aliphatic heterocycles. The summed E-state index contributed by atoms with van der Waals surface area (Å²) in [6.07, 6.45) is 1.69. The van der Waals surface area contributed by atoms with Gasteiger partial charge in [-0.15, -0.1) is 0 Å². The molecule has 0 radical (unpaired) electrons. The number of aryl methyl sites for hydroxylation is 1. The first-order chi connectivity index (χ1) is 8.69. The highest BCUT2D eigenvalue weighted by atomic mass is 79.9. The molecule has 0 N–H and O–H groups in total. The first-order valence-electron chi connectivity index (χ1n) is 5.58. The maximum atomic E-state index is 13.2. The van der Waals surface area contributed by atoms with Crippen LogP contribution in [0.3, 0.4) is 0 Å². The Morgan fingerprint density at radius 1 is 1.44 bits per heavy atom. The summed E-state index contributed by atoms with van der Waals surface area (Å²) in [5.74, 6) is 1.12. The topological polar surface area (TPSA) is 48.2 Å². The van der Waals surface area contributed by atoms with Gasteiger partial charge in [-0.3, -0.25) is 0 Å². The predicted molar refractivity (Wildman–Crippen MR) is 66.7 cm³/mol. The lowest BCUT2D eigenvalue weighted by Crippen LogP contribution is -1.98. The Hall–Kier alpha value is -1.43. The van der Waals surface area contributed by atoms with Gasteiger partial charge in [0.25, 0.3) is 0 Å².